The molecule has 0 saturated carbocycles. The highest BCUT2D eigenvalue weighted by Crippen LogP contribution is 2.32. The summed E-state index contributed by atoms with van der Waals surface area (Å²) in [7, 11) is 0. The molecule has 1 saturated heterocycles. The molecule has 2 aromatic rings. The lowest BCUT2D eigenvalue weighted by Crippen LogP contribution is -2.43. The quantitative estimate of drug-likeness (QED) is 0.719. The summed E-state index contributed by atoms with van der Waals surface area (Å²) < 4.78 is 57.5. The molecule has 0 radical (unpaired) electrons. The summed E-state index contributed by atoms with van der Waals surface area (Å²) in [6, 6.07) is 9.15. The number of carbonyl (C=O) groups excluding carboxylic acids is 1. The number of amides is 1. The first kappa shape index (κ1) is 21.5. The van der Waals surface area contributed by atoms with Crippen molar-refractivity contribution >= 4 is 17.5 Å². The summed E-state index contributed by atoms with van der Waals surface area (Å²) in [5, 5.41) is 3.20. The van der Waals surface area contributed by atoms with Crippen molar-refractivity contribution in [2.24, 2.45) is 0 Å². The highest BCUT2D eigenvalue weighted by molar-refractivity contribution is 6.30. The third-order valence-corrected chi connectivity index (χ3v) is 4.94. The van der Waals surface area contributed by atoms with Crippen LogP contribution < -0.4 is 5.32 Å². The number of alkyl halides is 3. The van der Waals surface area contributed by atoms with E-state index in [1.165, 1.54) is 0 Å². The van der Waals surface area contributed by atoms with Gasteiger partial charge in [0.05, 0.1) is 24.8 Å². The highest BCUT2D eigenvalue weighted by atomic mass is 35.5. The molecule has 1 heterocycles. The van der Waals surface area contributed by atoms with Gasteiger partial charge in [-0.15, -0.1) is 0 Å². The van der Waals surface area contributed by atoms with Gasteiger partial charge in [0.15, 0.2) is 0 Å². The number of rotatable bonds is 5. The average Bonchev–Trinajstić information content (AvgIpc) is 2.68. The van der Waals surface area contributed by atoms with E-state index in [1.54, 1.807) is 18.2 Å². The normalized spacial score (nSPS) is 16.4. The first-order valence-corrected chi connectivity index (χ1v) is 9.35. The summed E-state index contributed by atoms with van der Waals surface area (Å²) in [4.78, 5) is 14.6. The van der Waals surface area contributed by atoms with Crippen LogP contribution in [0.25, 0.3) is 0 Å². The first-order valence-electron chi connectivity index (χ1n) is 8.98. The van der Waals surface area contributed by atoms with Crippen LogP contribution in [0.4, 0.5) is 17.6 Å². The lowest BCUT2D eigenvalue weighted by molar-refractivity contribution is -0.140. The molecule has 1 unspecified atom stereocenters. The van der Waals surface area contributed by atoms with Crippen LogP contribution in [0.5, 0.6) is 0 Å². The molecule has 1 fully saturated rings. The molecule has 0 spiro atoms. The molecule has 3 rings (SSSR count). The number of hydrogen-bond donors (Lipinski definition) is 1. The van der Waals surface area contributed by atoms with E-state index in [0.717, 1.165) is 11.6 Å². The van der Waals surface area contributed by atoms with E-state index in [4.69, 9.17) is 16.3 Å². The fourth-order valence-electron chi connectivity index (χ4n) is 3.24. The van der Waals surface area contributed by atoms with Crippen LogP contribution in [0, 0.1) is 5.82 Å². The van der Waals surface area contributed by atoms with Crippen LogP contribution >= 0.6 is 11.6 Å². The van der Waals surface area contributed by atoms with Crippen molar-refractivity contribution in [3.8, 4) is 0 Å². The van der Waals surface area contributed by atoms with Crippen molar-refractivity contribution in [3.05, 3.63) is 70.0 Å². The Morgan fingerprint density at radius 3 is 2.55 bits per heavy atom. The first-order chi connectivity index (χ1) is 13.8. The number of halogens is 5. The van der Waals surface area contributed by atoms with E-state index in [-0.39, 0.29) is 18.2 Å². The molecule has 29 heavy (non-hydrogen) atoms. The second kappa shape index (κ2) is 9.11. The molecule has 2 aromatic carbocycles. The molecule has 1 amide bonds. The van der Waals surface area contributed by atoms with Gasteiger partial charge >= 0.3 is 6.18 Å². The van der Waals surface area contributed by atoms with Crippen LogP contribution in [0.2, 0.25) is 5.02 Å². The molecule has 156 valence electrons. The number of nitrogens with one attached hydrogen (secondary N) is 1. The lowest BCUT2D eigenvalue weighted by Gasteiger charge is -2.35. The summed E-state index contributed by atoms with van der Waals surface area (Å²) in [5.41, 5.74) is -0.856. The van der Waals surface area contributed by atoms with E-state index < -0.39 is 23.5 Å². The van der Waals surface area contributed by atoms with Crippen LogP contribution in [-0.4, -0.2) is 43.7 Å². The lowest BCUT2D eigenvalue weighted by atomic mass is 10.0. The Morgan fingerprint density at radius 2 is 1.90 bits per heavy atom. The number of benzene rings is 2. The van der Waals surface area contributed by atoms with Crippen molar-refractivity contribution < 1.29 is 27.1 Å². The highest BCUT2D eigenvalue weighted by Gasteiger charge is 2.34. The molecule has 1 N–H and O–H groups in total. The Bertz CT molecular complexity index is 870. The van der Waals surface area contributed by atoms with Gasteiger partial charge in [0.1, 0.15) is 5.82 Å². The SMILES string of the molecule is O=C(NCC(c1cccc(Cl)c1)N1CCOCC1)c1ccc(F)c(C(F)(F)F)c1. The maximum Gasteiger partial charge on any atom is 0.419 e. The maximum atomic E-state index is 13.5. The van der Waals surface area contributed by atoms with E-state index in [2.05, 4.69) is 10.2 Å². The molecular weight excluding hydrogens is 412 g/mol. The second-order valence-corrected chi connectivity index (χ2v) is 7.06. The number of nitrogens with zero attached hydrogens (tertiary/aromatic N) is 1. The minimum atomic E-state index is -4.88. The zero-order valence-corrected chi connectivity index (χ0v) is 16.1. The van der Waals surface area contributed by atoms with Crippen molar-refractivity contribution in [3.63, 3.8) is 0 Å². The van der Waals surface area contributed by atoms with Gasteiger partial charge in [0, 0.05) is 30.2 Å². The third kappa shape index (κ3) is 5.46. The second-order valence-electron chi connectivity index (χ2n) is 6.62. The smallest absolute Gasteiger partial charge is 0.379 e. The van der Waals surface area contributed by atoms with Gasteiger partial charge in [-0.1, -0.05) is 23.7 Å². The molecule has 1 aliphatic heterocycles. The van der Waals surface area contributed by atoms with Crippen LogP contribution in [0.1, 0.15) is 27.5 Å². The molecule has 0 aliphatic carbocycles. The van der Waals surface area contributed by atoms with Crippen molar-refractivity contribution in [2.75, 3.05) is 32.8 Å². The largest absolute Gasteiger partial charge is 0.419 e. The van der Waals surface area contributed by atoms with Gasteiger partial charge in [-0.2, -0.15) is 13.2 Å². The monoisotopic (exact) mass is 430 g/mol. The number of morpholine rings is 1. The fourth-order valence-corrected chi connectivity index (χ4v) is 3.43. The van der Waals surface area contributed by atoms with Crippen LogP contribution in [0.15, 0.2) is 42.5 Å². The van der Waals surface area contributed by atoms with E-state index >= 15 is 0 Å². The molecule has 0 bridgehead atoms. The fraction of sp³-hybridized carbons (Fsp3) is 0.350. The van der Waals surface area contributed by atoms with Gasteiger partial charge in [-0.05, 0) is 35.9 Å². The predicted molar refractivity (Wildman–Crippen MR) is 100 cm³/mol. The zero-order chi connectivity index (χ0) is 21.0. The maximum absolute atomic E-state index is 13.5. The minimum absolute atomic E-state index is 0.151. The van der Waals surface area contributed by atoms with Crippen LogP contribution in [-0.2, 0) is 10.9 Å². The Balaban J connectivity index is 1.78. The Morgan fingerprint density at radius 1 is 1.17 bits per heavy atom. The number of carbonyl (C=O) groups is 1. The third-order valence-electron chi connectivity index (χ3n) is 4.71. The topological polar surface area (TPSA) is 41.6 Å². The van der Waals surface area contributed by atoms with E-state index in [0.29, 0.717) is 43.5 Å². The molecule has 0 aromatic heterocycles. The molecular formula is C20H19ClF4N2O2. The van der Waals surface area contributed by atoms with Gasteiger partial charge in [-0.25, -0.2) is 4.39 Å². The van der Waals surface area contributed by atoms with Gasteiger partial charge in [0.25, 0.3) is 5.91 Å². The summed E-state index contributed by atoms with van der Waals surface area (Å²) in [6.07, 6.45) is -4.88. The summed E-state index contributed by atoms with van der Waals surface area (Å²) in [6.45, 7) is 2.51. The minimum Gasteiger partial charge on any atom is -0.379 e. The Kier molecular flexibility index (Phi) is 6.77. The summed E-state index contributed by atoms with van der Waals surface area (Å²) >= 11 is 6.09. The Labute approximate surface area is 170 Å². The van der Waals surface area contributed by atoms with Crippen molar-refractivity contribution in [2.45, 2.75) is 12.2 Å². The van der Waals surface area contributed by atoms with Gasteiger partial charge in [-0.3, -0.25) is 9.69 Å². The summed E-state index contributed by atoms with van der Waals surface area (Å²) in [5.74, 6) is -2.13. The predicted octanol–water partition coefficient (Wildman–Crippen LogP) is 4.30. The Hall–Kier alpha value is -2.16. The van der Waals surface area contributed by atoms with E-state index in [1.807, 2.05) is 6.07 Å². The molecule has 9 heteroatoms. The molecule has 1 aliphatic rings. The van der Waals surface area contributed by atoms with Crippen molar-refractivity contribution in [1.82, 2.24) is 10.2 Å². The van der Waals surface area contributed by atoms with Crippen LogP contribution in [0.3, 0.4) is 0 Å². The molecule has 1 atom stereocenters. The van der Waals surface area contributed by atoms with Crippen molar-refractivity contribution in [1.29, 1.82) is 0 Å². The average molecular weight is 431 g/mol. The zero-order valence-electron chi connectivity index (χ0n) is 15.3. The number of hydrogen-bond acceptors (Lipinski definition) is 3. The van der Waals surface area contributed by atoms with Gasteiger partial charge in [0.2, 0.25) is 0 Å². The molecule has 4 nitrogen and oxygen atoms in total. The number of ether oxygens (including phenoxy) is 1. The van der Waals surface area contributed by atoms with Gasteiger partial charge < -0.3 is 10.1 Å². The van der Waals surface area contributed by atoms with E-state index in [9.17, 15) is 22.4 Å². The standard InChI is InChI=1S/C20H19ClF4N2O2/c21-15-3-1-2-13(10-15)18(27-6-8-29-9-7-27)12-26-19(28)14-4-5-17(22)16(11-14)20(23,24)25/h1-5,10-11,18H,6-9,12H2,(H,26,28).